The topological polar surface area (TPSA) is 42.3 Å². The predicted molar refractivity (Wildman–Crippen MR) is 107 cm³/mol. The van der Waals surface area contributed by atoms with Crippen LogP contribution in [-0.2, 0) is 11.3 Å². The van der Waals surface area contributed by atoms with Crippen LogP contribution in [0.25, 0.3) is 17.0 Å². The van der Waals surface area contributed by atoms with Gasteiger partial charge in [-0.15, -0.1) is 0 Å². The molecule has 0 atom stereocenters. The van der Waals surface area contributed by atoms with Crippen LogP contribution in [0.4, 0.5) is 4.79 Å². The summed E-state index contributed by atoms with van der Waals surface area (Å²) in [5, 5.41) is 1.000. The summed E-state index contributed by atoms with van der Waals surface area (Å²) in [5.41, 5.74) is 2.16. The zero-order valence-electron chi connectivity index (χ0n) is 15.1. The average Bonchev–Trinajstić information content (AvgIpc) is 3.15. The molecule has 1 aromatic heterocycles. The second-order valence-corrected chi connectivity index (χ2v) is 8.18. The van der Waals surface area contributed by atoms with Crippen LogP contribution in [0.1, 0.15) is 44.6 Å². The number of rotatable bonds is 4. The average molecular weight is 369 g/mol. The maximum atomic E-state index is 12.8. The first-order chi connectivity index (χ1) is 12.7. The summed E-state index contributed by atoms with van der Waals surface area (Å²) in [4.78, 5) is 27.2. The quantitative estimate of drug-likeness (QED) is 0.690. The van der Waals surface area contributed by atoms with E-state index in [4.69, 9.17) is 0 Å². The minimum Gasteiger partial charge on any atom is -0.347 e. The number of fused-ring (bicyclic) bond motifs is 1. The zero-order chi connectivity index (χ0) is 18.1. The number of amides is 2. The van der Waals surface area contributed by atoms with E-state index in [2.05, 4.69) is 29.8 Å². The number of carbonyl (C=O) groups is 2. The standard InChI is InChI=1S/C21H24N2O2S/c1-2-22-14-16(17-10-6-7-11-18(17)22)12-19-20(24)23(21(25)26-19)13-15-8-4-3-5-9-15/h6-7,10-12,14-15H,2-5,8-9,13H2,1H3/b19-12+. The molecule has 1 aromatic carbocycles. The molecule has 1 aliphatic heterocycles. The molecule has 5 heteroatoms. The molecular formula is C21H24N2O2S. The second kappa shape index (κ2) is 7.31. The lowest BCUT2D eigenvalue weighted by molar-refractivity contribution is -0.123. The van der Waals surface area contributed by atoms with E-state index in [1.54, 1.807) is 0 Å². The van der Waals surface area contributed by atoms with Crippen molar-refractivity contribution < 1.29 is 9.59 Å². The van der Waals surface area contributed by atoms with Gasteiger partial charge in [-0.1, -0.05) is 37.5 Å². The van der Waals surface area contributed by atoms with Gasteiger partial charge in [0.05, 0.1) is 4.91 Å². The molecule has 26 heavy (non-hydrogen) atoms. The van der Waals surface area contributed by atoms with E-state index in [1.807, 2.05) is 18.2 Å². The second-order valence-electron chi connectivity index (χ2n) is 7.18. The van der Waals surface area contributed by atoms with Gasteiger partial charge in [-0.05, 0) is 49.6 Å². The van der Waals surface area contributed by atoms with Crippen molar-refractivity contribution in [3.8, 4) is 0 Å². The number of hydrogen-bond donors (Lipinski definition) is 0. The highest BCUT2D eigenvalue weighted by Crippen LogP contribution is 2.36. The molecule has 1 aliphatic carbocycles. The van der Waals surface area contributed by atoms with Gasteiger partial charge in [0.15, 0.2) is 0 Å². The number of aromatic nitrogens is 1. The number of benzene rings is 1. The van der Waals surface area contributed by atoms with Crippen LogP contribution < -0.4 is 0 Å². The molecule has 4 nitrogen and oxygen atoms in total. The number of thioether (sulfide) groups is 1. The highest BCUT2D eigenvalue weighted by Gasteiger charge is 2.36. The smallest absolute Gasteiger partial charge is 0.293 e. The molecule has 0 unspecified atom stereocenters. The van der Waals surface area contributed by atoms with Crippen molar-refractivity contribution >= 4 is 39.9 Å². The fraction of sp³-hybridized carbons (Fsp3) is 0.429. The summed E-state index contributed by atoms with van der Waals surface area (Å²) >= 11 is 1.08. The molecule has 2 aromatic rings. The Bertz CT molecular complexity index is 877. The van der Waals surface area contributed by atoms with Gasteiger partial charge in [-0.25, -0.2) is 0 Å². The highest BCUT2D eigenvalue weighted by molar-refractivity contribution is 8.18. The highest BCUT2D eigenvalue weighted by atomic mass is 32.2. The molecule has 2 aliphatic rings. The lowest BCUT2D eigenvalue weighted by Crippen LogP contribution is -2.34. The summed E-state index contributed by atoms with van der Waals surface area (Å²) < 4.78 is 2.17. The molecule has 1 saturated carbocycles. The molecule has 2 fully saturated rings. The van der Waals surface area contributed by atoms with E-state index in [0.29, 0.717) is 17.4 Å². The van der Waals surface area contributed by atoms with Crippen LogP contribution in [0.2, 0.25) is 0 Å². The fourth-order valence-corrected chi connectivity index (χ4v) is 4.92. The molecule has 0 spiro atoms. The van der Waals surface area contributed by atoms with E-state index in [9.17, 15) is 9.59 Å². The van der Waals surface area contributed by atoms with Crippen LogP contribution >= 0.6 is 11.8 Å². The molecule has 2 heterocycles. The monoisotopic (exact) mass is 368 g/mol. The minimum atomic E-state index is -0.126. The van der Waals surface area contributed by atoms with Gasteiger partial charge in [-0.2, -0.15) is 0 Å². The third-order valence-corrected chi connectivity index (χ3v) is 6.39. The SMILES string of the molecule is CCn1cc(/C=C2/SC(=O)N(CC3CCCCC3)C2=O)c2ccccc21. The summed E-state index contributed by atoms with van der Waals surface area (Å²) in [7, 11) is 0. The van der Waals surface area contributed by atoms with Crippen molar-refractivity contribution in [3.63, 3.8) is 0 Å². The number of nitrogens with zero attached hydrogens (tertiary/aromatic N) is 2. The van der Waals surface area contributed by atoms with Crippen molar-refractivity contribution in [3.05, 3.63) is 40.9 Å². The van der Waals surface area contributed by atoms with Crippen LogP contribution in [0.15, 0.2) is 35.4 Å². The third-order valence-electron chi connectivity index (χ3n) is 5.49. The Hall–Kier alpha value is -2.01. The summed E-state index contributed by atoms with van der Waals surface area (Å²) in [6.07, 6.45) is 9.93. The molecule has 2 amide bonds. The molecular weight excluding hydrogens is 344 g/mol. The Morgan fingerprint density at radius 1 is 1.15 bits per heavy atom. The number of para-hydroxylation sites is 1. The number of imide groups is 1. The van der Waals surface area contributed by atoms with Crippen LogP contribution in [0, 0.1) is 5.92 Å². The maximum Gasteiger partial charge on any atom is 0.293 e. The lowest BCUT2D eigenvalue weighted by Gasteiger charge is -2.25. The Morgan fingerprint density at radius 2 is 1.92 bits per heavy atom. The Morgan fingerprint density at radius 3 is 2.69 bits per heavy atom. The predicted octanol–water partition coefficient (Wildman–Crippen LogP) is 5.28. The number of hydrogen-bond acceptors (Lipinski definition) is 3. The van der Waals surface area contributed by atoms with Crippen molar-refractivity contribution in [2.24, 2.45) is 5.92 Å². The molecule has 0 radical (unpaired) electrons. The molecule has 4 rings (SSSR count). The van der Waals surface area contributed by atoms with Crippen LogP contribution in [0.5, 0.6) is 0 Å². The first-order valence-corrected chi connectivity index (χ1v) is 10.3. The first-order valence-electron chi connectivity index (χ1n) is 9.50. The van der Waals surface area contributed by atoms with E-state index >= 15 is 0 Å². The number of carbonyl (C=O) groups excluding carboxylic acids is 2. The first kappa shape index (κ1) is 17.4. The fourth-order valence-electron chi connectivity index (χ4n) is 4.08. The van der Waals surface area contributed by atoms with Crippen molar-refractivity contribution in [2.45, 2.75) is 45.6 Å². The Kier molecular flexibility index (Phi) is 4.90. The summed E-state index contributed by atoms with van der Waals surface area (Å²) in [5.74, 6) is 0.345. The van der Waals surface area contributed by atoms with Gasteiger partial charge in [0.25, 0.3) is 11.1 Å². The Labute approximate surface area is 158 Å². The Balaban J connectivity index is 1.60. The molecule has 0 N–H and O–H groups in total. The van der Waals surface area contributed by atoms with Gasteiger partial charge < -0.3 is 4.57 Å². The van der Waals surface area contributed by atoms with E-state index in [1.165, 1.54) is 24.2 Å². The zero-order valence-corrected chi connectivity index (χ0v) is 15.9. The van der Waals surface area contributed by atoms with Crippen molar-refractivity contribution in [1.82, 2.24) is 9.47 Å². The van der Waals surface area contributed by atoms with Crippen LogP contribution in [0.3, 0.4) is 0 Å². The van der Waals surface area contributed by atoms with Gasteiger partial charge in [-0.3, -0.25) is 14.5 Å². The van der Waals surface area contributed by atoms with E-state index in [-0.39, 0.29) is 11.1 Å². The summed E-state index contributed by atoms with van der Waals surface area (Å²) in [6.45, 7) is 3.56. The number of aryl methyl sites for hydroxylation is 1. The molecule has 136 valence electrons. The van der Waals surface area contributed by atoms with E-state index < -0.39 is 0 Å². The molecule has 1 saturated heterocycles. The lowest BCUT2D eigenvalue weighted by atomic mass is 9.89. The largest absolute Gasteiger partial charge is 0.347 e. The van der Waals surface area contributed by atoms with Gasteiger partial charge in [0, 0.05) is 35.8 Å². The van der Waals surface area contributed by atoms with Gasteiger partial charge in [0.2, 0.25) is 0 Å². The molecule has 0 bridgehead atoms. The van der Waals surface area contributed by atoms with Gasteiger partial charge in [0.1, 0.15) is 0 Å². The maximum absolute atomic E-state index is 12.8. The van der Waals surface area contributed by atoms with Crippen molar-refractivity contribution in [2.75, 3.05) is 6.54 Å². The van der Waals surface area contributed by atoms with Crippen molar-refractivity contribution in [1.29, 1.82) is 0 Å². The minimum absolute atomic E-state index is 0.119. The van der Waals surface area contributed by atoms with Gasteiger partial charge >= 0.3 is 0 Å². The normalized spacial score (nSPS) is 20.7. The summed E-state index contributed by atoms with van der Waals surface area (Å²) in [6, 6.07) is 8.19. The van der Waals surface area contributed by atoms with E-state index in [0.717, 1.165) is 47.6 Å². The third kappa shape index (κ3) is 3.20. The van der Waals surface area contributed by atoms with Crippen LogP contribution in [-0.4, -0.2) is 27.2 Å².